The first-order chi connectivity index (χ1) is 10.7. The number of carbonyl (C=O) groups excluding carboxylic acids is 2. The highest BCUT2D eigenvalue weighted by atomic mass is 16.5. The van der Waals surface area contributed by atoms with Crippen LogP contribution in [-0.2, 0) is 11.2 Å². The lowest BCUT2D eigenvalue weighted by Gasteiger charge is -2.29. The van der Waals surface area contributed by atoms with E-state index < -0.39 is 5.97 Å². The van der Waals surface area contributed by atoms with E-state index in [1.165, 1.54) is 0 Å². The summed E-state index contributed by atoms with van der Waals surface area (Å²) >= 11 is 0. The summed E-state index contributed by atoms with van der Waals surface area (Å²) in [4.78, 5) is 24.8. The van der Waals surface area contributed by atoms with Crippen molar-refractivity contribution in [3.63, 3.8) is 0 Å². The van der Waals surface area contributed by atoms with Gasteiger partial charge in [-0.2, -0.15) is 0 Å². The van der Waals surface area contributed by atoms with Crippen LogP contribution < -0.4 is 4.74 Å². The van der Waals surface area contributed by atoms with Gasteiger partial charge in [-0.05, 0) is 18.1 Å². The normalized spacial score (nSPS) is 23.0. The van der Waals surface area contributed by atoms with Gasteiger partial charge in [0.1, 0.15) is 5.75 Å². The zero-order chi connectivity index (χ0) is 15.3. The first-order valence-electron chi connectivity index (χ1n) is 7.29. The predicted octanol–water partition coefficient (Wildman–Crippen LogP) is 3.30. The zero-order valence-electron chi connectivity index (χ0n) is 11.9. The first-order valence-corrected chi connectivity index (χ1v) is 7.29. The fourth-order valence-electron chi connectivity index (χ4n) is 3.51. The van der Waals surface area contributed by atoms with Crippen molar-refractivity contribution in [1.29, 1.82) is 0 Å². The number of ether oxygens (including phenoxy) is 1. The van der Waals surface area contributed by atoms with E-state index in [0.29, 0.717) is 17.7 Å². The molecule has 0 fully saturated rings. The second-order valence-electron chi connectivity index (χ2n) is 5.76. The average Bonchev–Trinajstić information content (AvgIpc) is 2.86. The highest BCUT2D eigenvalue weighted by Gasteiger charge is 2.43. The molecule has 2 aromatic carbocycles. The fraction of sp³-hybridized carbons (Fsp3) is 0.158. The van der Waals surface area contributed by atoms with Gasteiger partial charge in [-0.3, -0.25) is 4.79 Å². The van der Waals surface area contributed by atoms with Gasteiger partial charge in [-0.15, -0.1) is 0 Å². The Morgan fingerprint density at radius 1 is 1.00 bits per heavy atom. The van der Waals surface area contributed by atoms with Crippen LogP contribution in [0.15, 0.2) is 60.7 Å². The lowest BCUT2D eigenvalue weighted by molar-refractivity contribution is -0.131. The molecular formula is C19H14O3. The molecule has 1 aliphatic heterocycles. The molecule has 22 heavy (non-hydrogen) atoms. The largest absolute Gasteiger partial charge is 0.423 e. The van der Waals surface area contributed by atoms with Gasteiger partial charge in [0.15, 0.2) is 5.78 Å². The summed E-state index contributed by atoms with van der Waals surface area (Å²) < 4.78 is 5.30. The maximum Gasteiger partial charge on any atom is 0.339 e. The van der Waals surface area contributed by atoms with Crippen molar-refractivity contribution in [1.82, 2.24) is 0 Å². The quantitative estimate of drug-likeness (QED) is 0.460. The van der Waals surface area contributed by atoms with E-state index in [1.807, 2.05) is 42.5 Å². The van der Waals surface area contributed by atoms with Crippen molar-refractivity contribution >= 4 is 11.8 Å². The van der Waals surface area contributed by atoms with Crippen LogP contribution in [0, 0.1) is 5.92 Å². The molecule has 0 spiro atoms. The van der Waals surface area contributed by atoms with E-state index in [2.05, 4.69) is 6.58 Å². The lowest BCUT2D eigenvalue weighted by atomic mass is 9.77. The second kappa shape index (κ2) is 4.67. The van der Waals surface area contributed by atoms with Gasteiger partial charge < -0.3 is 4.74 Å². The number of para-hydroxylation sites is 1. The third kappa shape index (κ3) is 1.75. The summed E-state index contributed by atoms with van der Waals surface area (Å²) in [5.74, 6) is -0.399. The molecule has 2 aromatic rings. The van der Waals surface area contributed by atoms with Crippen LogP contribution in [0.25, 0.3) is 0 Å². The van der Waals surface area contributed by atoms with Gasteiger partial charge in [0.2, 0.25) is 0 Å². The summed E-state index contributed by atoms with van der Waals surface area (Å²) in [6.07, 6.45) is 0.639. The third-order valence-electron chi connectivity index (χ3n) is 4.56. The molecule has 2 atom stereocenters. The molecule has 0 radical (unpaired) electrons. The molecule has 0 saturated carbocycles. The number of ketones is 1. The van der Waals surface area contributed by atoms with Gasteiger partial charge in [-0.1, -0.05) is 49.0 Å². The van der Waals surface area contributed by atoms with Crippen LogP contribution in [0.2, 0.25) is 0 Å². The van der Waals surface area contributed by atoms with Gasteiger partial charge in [0.05, 0.1) is 0 Å². The van der Waals surface area contributed by atoms with Crippen molar-refractivity contribution in [2.45, 2.75) is 12.3 Å². The Balaban J connectivity index is 1.82. The number of hydrogen-bond acceptors (Lipinski definition) is 3. The molecule has 0 aromatic heterocycles. The number of rotatable bonds is 1. The van der Waals surface area contributed by atoms with Crippen molar-refractivity contribution < 1.29 is 14.3 Å². The van der Waals surface area contributed by atoms with E-state index >= 15 is 0 Å². The molecule has 4 rings (SSSR count). The number of benzene rings is 2. The Morgan fingerprint density at radius 3 is 2.55 bits per heavy atom. The Kier molecular flexibility index (Phi) is 2.76. The number of Topliss-reactive ketones (excluding diaryl/α,β-unsaturated/α-hetero) is 1. The Morgan fingerprint density at radius 2 is 1.73 bits per heavy atom. The highest BCUT2D eigenvalue weighted by Crippen LogP contribution is 2.45. The third-order valence-corrected chi connectivity index (χ3v) is 4.56. The van der Waals surface area contributed by atoms with Crippen LogP contribution in [0.3, 0.4) is 0 Å². The minimum atomic E-state index is -0.438. The molecule has 108 valence electrons. The van der Waals surface area contributed by atoms with Crippen molar-refractivity contribution in [2.24, 2.45) is 5.92 Å². The molecule has 1 aliphatic carbocycles. The molecule has 0 N–H and O–H groups in total. The standard InChI is InChI=1S/C19H14O3/c1-11-17(14-8-4-5-9-16(14)22-19(11)21)15-10-12-6-2-3-7-13(12)18(15)20/h2-9,15,17H,1,10H2/t15-,17-/m0/s1. The zero-order valence-corrected chi connectivity index (χ0v) is 11.9. The fourth-order valence-corrected chi connectivity index (χ4v) is 3.51. The smallest absolute Gasteiger partial charge is 0.339 e. The summed E-state index contributed by atoms with van der Waals surface area (Å²) in [5.41, 5.74) is 3.04. The lowest BCUT2D eigenvalue weighted by Crippen LogP contribution is -2.30. The molecule has 3 heteroatoms. The van der Waals surface area contributed by atoms with Crippen molar-refractivity contribution in [3.05, 3.63) is 77.4 Å². The van der Waals surface area contributed by atoms with E-state index in [0.717, 1.165) is 16.7 Å². The molecule has 0 unspecified atom stereocenters. The molecule has 1 heterocycles. The number of esters is 1. The average molecular weight is 290 g/mol. The molecule has 0 amide bonds. The van der Waals surface area contributed by atoms with Gasteiger partial charge in [0.25, 0.3) is 0 Å². The second-order valence-corrected chi connectivity index (χ2v) is 5.76. The topological polar surface area (TPSA) is 43.4 Å². The highest BCUT2D eigenvalue weighted by molar-refractivity contribution is 6.05. The Hall–Kier alpha value is -2.68. The summed E-state index contributed by atoms with van der Waals surface area (Å²) in [6.45, 7) is 3.89. The molecule has 0 saturated heterocycles. The summed E-state index contributed by atoms with van der Waals surface area (Å²) in [6, 6.07) is 15.0. The molecule has 2 aliphatic rings. The van der Waals surface area contributed by atoms with Crippen molar-refractivity contribution in [3.8, 4) is 5.75 Å². The Bertz CT molecular complexity index is 819. The number of hydrogen-bond donors (Lipinski definition) is 0. The van der Waals surface area contributed by atoms with Crippen LogP contribution in [0.4, 0.5) is 0 Å². The first kappa shape index (κ1) is 13.0. The Labute approximate surface area is 128 Å². The maximum absolute atomic E-state index is 12.8. The predicted molar refractivity (Wildman–Crippen MR) is 81.9 cm³/mol. The molecule has 0 bridgehead atoms. The van der Waals surface area contributed by atoms with E-state index in [-0.39, 0.29) is 17.6 Å². The van der Waals surface area contributed by atoms with Crippen LogP contribution in [0.1, 0.15) is 27.4 Å². The van der Waals surface area contributed by atoms with E-state index in [9.17, 15) is 9.59 Å². The van der Waals surface area contributed by atoms with Crippen LogP contribution in [-0.4, -0.2) is 11.8 Å². The van der Waals surface area contributed by atoms with Crippen LogP contribution >= 0.6 is 0 Å². The minimum absolute atomic E-state index is 0.0891. The molecule has 3 nitrogen and oxygen atoms in total. The number of carbonyl (C=O) groups is 2. The monoisotopic (exact) mass is 290 g/mol. The van der Waals surface area contributed by atoms with E-state index in [1.54, 1.807) is 6.07 Å². The number of fused-ring (bicyclic) bond motifs is 2. The molecular weight excluding hydrogens is 276 g/mol. The van der Waals surface area contributed by atoms with Gasteiger partial charge >= 0.3 is 5.97 Å². The van der Waals surface area contributed by atoms with E-state index in [4.69, 9.17) is 4.74 Å². The van der Waals surface area contributed by atoms with Gasteiger partial charge in [-0.25, -0.2) is 4.79 Å². The summed E-state index contributed by atoms with van der Waals surface area (Å²) in [5, 5.41) is 0. The summed E-state index contributed by atoms with van der Waals surface area (Å²) in [7, 11) is 0. The van der Waals surface area contributed by atoms with Crippen molar-refractivity contribution in [2.75, 3.05) is 0 Å². The maximum atomic E-state index is 12.8. The minimum Gasteiger partial charge on any atom is -0.423 e. The van der Waals surface area contributed by atoms with Gasteiger partial charge in [0, 0.05) is 28.5 Å². The van der Waals surface area contributed by atoms with Crippen LogP contribution in [0.5, 0.6) is 5.75 Å². The SMILES string of the molecule is C=C1C(=O)Oc2ccccc2[C@H]1[C@@H]1Cc2ccccc2C1=O.